The first kappa shape index (κ1) is 11.8. The molecule has 0 aliphatic rings. The minimum atomic E-state index is -0.477. The Morgan fingerprint density at radius 1 is 1.35 bits per heavy atom. The zero-order valence-electron chi connectivity index (χ0n) is 10.2. The second-order valence-corrected chi connectivity index (χ2v) is 4.09. The number of aryl methyl sites for hydroxylation is 1. The molecule has 90 valence electrons. The van der Waals surface area contributed by atoms with E-state index >= 15 is 0 Å². The fraction of sp³-hybridized carbons (Fsp3) is 0.385. The molecule has 0 aliphatic carbocycles. The fourth-order valence-corrected chi connectivity index (χ4v) is 1.78. The van der Waals surface area contributed by atoms with Crippen molar-refractivity contribution >= 4 is 0 Å². The van der Waals surface area contributed by atoms with Crippen molar-refractivity contribution in [3.8, 4) is 5.82 Å². The third-order valence-corrected chi connectivity index (χ3v) is 2.69. The maximum atomic E-state index is 9.57. The Labute approximate surface area is 101 Å². The number of nitrogens with zero attached hydrogens (tertiary/aromatic N) is 3. The van der Waals surface area contributed by atoms with Gasteiger partial charge in [0.1, 0.15) is 11.6 Å². The SMILES string of the molecule is CCCc1nccn1-c1cc([C@H](C)O)ccn1. The molecule has 2 rings (SSSR count). The number of hydrogen-bond donors (Lipinski definition) is 1. The van der Waals surface area contributed by atoms with E-state index in [0.29, 0.717) is 0 Å². The van der Waals surface area contributed by atoms with E-state index in [4.69, 9.17) is 0 Å². The van der Waals surface area contributed by atoms with Crippen molar-refractivity contribution in [3.05, 3.63) is 42.1 Å². The minimum Gasteiger partial charge on any atom is -0.389 e. The summed E-state index contributed by atoms with van der Waals surface area (Å²) in [4.78, 5) is 8.64. The molecule has 0 unspecified atom stereocenters. The molecule has 4 heteroatoms. The van der Waals surface area contributed by atoms with Crippen molar-refractivity contribution in [2.75, 3.05) is 0 Å². The number of aromatic nitrogens is 3. The first-order chi connectivity index (χ1) is 8.22. The van der Waals surface area contributed by atoms with E-state index in [2.05, 4.69) is 16.9 Å². The molecule has 2 aromatic rings. The summed E-state index contributed by atoms with van der Waals surface area (Å²) in [6.45, 7) is 3.87. The molecule has 0 saturated heterocycles. The largest absolute Gasteiger partial charge is 0.389 e. The maximum Gasteiger partial charge on any atom is 0.138 e. The zero-order chi connectivity index (χ0) is 12.3. The van der Waals surface area contributed by atoms with Crippen LogP contribution in [0.3, 0.4) is 0 Å². The van der Waals surface area contributed by atoms with Gasteiger partial charge in [-0.25, -0.2) is 9.97 Å². The van der Waals surface area contributed by atoms with Gasteiger partial charge in [-0.05, 0) is 31.0 Å². The standard InChI is InChI=1S/C13H17N3O/c1-3-4-12-15-7-8-16(12)13-9-11(10(2)17)5-6-14-13/h5-10,17H,3-4H2,1-2H3/t10-/m0/s1. The van der Waals surface area contributed by atoms with Crippen molar-refractivity contribution in [1.82, 2.24) is 14.5 Å². The van der Waals surface area contributed by atoms with Crippen LogP contribution < -0.4 is 0 Å². The van der Waals surface area contributed by atoms with Crippen LogP contribution in [0.5, 0.6) is 0 Å². The van der Waals surface area contributed by atoms with Gasteiger partial charge in [-0.2, -0.15) is 0 Å². The molecule has 0 bridgehead atoms. The van der Waals surface area contributed by atoms with Crippen molar-refractivity contribution < 1.29 is 5.11 Å². The van der Waals surface area contributed by atoms with Crippen molar-refractivity contribution in [1.29, 1.82) is 0 Å². The number of aliphatic hydroxyl groups is 1. The van der Waals surface area contributed by atoms with E-state index in [9.17, 15) is 5.11 Å². The summed E-state index contributed by atoms with van der Waals surface area (Å²) >= 11 is 0. The highest BCUT2D eigenvalue weighted by Crippen LogP contribution is 2.16. The van der Waals surface area contributed by atoms with Gasteiger partial charge in [0.15, 0.2) is 0 Å². The van der Waals surface area contributed by atoms with Gasteiger partial charge in [0.2, 0.25) is 0 Å². The van der Waals surface area contributed by atoms with Gasteiger partial charge in [0, 0.05) is 25.0 Å². The highest BCUT2D eigenvalue weighted by atomic mass is 16.3. The van der Waals surface area contributed by atoms with Crippen LogP contribution in [0.25, 0.3) is 5.82 Å². The smallest absolute Gasteiger partial charge is 0.138 e. The van der Waals surface area contributed by atoms with Gasteiger partial charge in [0.05, 0.1) is 6.10 Å². The molecule has 0 aliphatic heterocycles. The molecule has 2 heterocycles. The van der Waals surface area contributed by atoms with E-state index in [0.717, 1.165) is 30.0 Å². The van der Waals surface area contributed by atoms with Crippen LogP contribution in [0.1, 0.15) is 37.8 Å². The van der Waals surface area contributed by atoms with E-state index in [1.807, 2.05) is 22.9 Å². The third-order valence-electron chi connectivity index (χ3n) is 2.69. The highest BCUT2D eigenvalue weighted by Gasteiger charge is 2.07. The molecule has 0 spiro atoms. The quantitative estimate of drug-likeness (QED) is 0.878. The Morgan fingerprint density at radius 2 is 2.18 bits per heavy atom. The van der Waals surface area contributed by atoms with Crippen molar-refractivity contribution in [2.45, 2.75) is 32.8 Å². The molecule has 17 heavy (non-hydrogen) atoms. The molecule has 2 aromatic heterocycles. The summed E-state index contributed by atoms with van der Waals surface area (Å²) in [5.41, 5.74) is 0.867. The molecule has 4 nitrogen and oxygen atoms in total. The van der Waals surface area contributed by atoms with Gasteiger partial charge in [-0.15, -0.1) is 0 Å². The number of rotatable bonds is 4. The Morgan fingerprint density at radius 3 is 2.88 bits per heavy atom. The van der Waals surface area contributed by atoms with Crippen LogP contribution >= 0.6 is 0 Å². The van der Waals surface area contributed by atoms with E-state index in [1.54, 1.807) is 19.3 Å². The van der Waals surface area contributed by atoms with Crippen molar-refractivity contribution in [3.63, 3.8) is 0 Å². The van der Waals surface area contributed by atoms with Gasteiger partial charge in [-0.3, -0.25) is 4.57 Å². The molecule has 0 aromatic carbocycles. The maximum absolute atomic E-state index is 9.57. The highest BCUT2D eigenvalue weighted by molar-refractivity contribution is 5.30. The number of imidazole rings is 1. The molecule has 0 radical (unpaired) electrons. The monoisotopic (exact) mass is 231 g/mol. The molecule has 0 amide bonds. The molecule has 0 fully saturated rings. The average Bonchev–Trinajstić information content (AvgIpc) is 2.78. The average molecular weight is 231 g/mol. The molecular formula is C13H17N3O. The lowest BCUT2D eigenvalue weighted by atomic mass is 10.2. The van der Waals surface area contributed by atoms with E-state index in [1.165, 1.54) is 0 Å². The van der Waals surface area contributed by atoms with Crippen molar-refractivity contribution in [2.24, 2.45) is 0 Å². The Kier molecular flexibility index (Phi) is 3.54. The fourth-order valence-electron chi connectivity index (χ4n) is 1.78. The van der Waals surface area contributed by atoms with Gasteiger partial charge >= 0.3 is 0 Å². The lowest BCUT2D eigenvalue weighted by molar-refractivity contribution is 0.199. The number of pyridine rings is 1. The van der Waals surface area contributed by atoms with Crippen LogP contribution in [0.4, 0.5) is 0 Å². The summed E-state index contributed by atoms with van der Waals surface area (Å²) in [7, 11) is 0. The first-order valence-electron chi connectivity index (χ1n) is 5.89. The lowest BCUT2D eigenvalue weighted by Gasteiger charge is -2.09. The minimum absolute atomic E-state index is 0.477. The summed E-state index contributed by atoms with van der Waals surface area (Å²) in [5.74, 6) is 1.81. The normalized spacial score (nSPS) is 12.6. The lowest BCUT2D eigenvalue weighted by Crippen LogP contribution is -2.03. The molecule has 1 atom stereocenters. The predicted octanol–water partition coefficient (Wildman–Crippen LogP) is 2.27. The molecule has 0 saturated carbocycles. The van der Waals surface area contributed by atoms with Gasteiger partial charge < -0.3 is 5.11 Å². The second-order valence-electron chi connectivity index (χ2n) is 4.09. The van der Waals surface area contributed by atoms with E-state index < -0.39 is 6.10 Å². The Hall–Kier alpha value is -1.68. The molecular weight excluding hydrogens is 214 g/mol. The summed E-state index contributed by atoms with van der Waals surface area (Å²) in [6, 6.07) is 3.72. The van der Waals surface area contributed by atoms with Gasteiger partial charge in [0.25, 0.3) is 0 Å². The van der Waals surface area contributed by atoms with E-state index in [-0.39, 0.29) is 0 Å². The predicted molar refractivity (Wildman–Crippen MR) is 66.0 cm³/mol. The number of aliphatic hydroxyl groups excluding tert-OH is 1. The van der Waals surface area contributed by atoms with Gasteiger partial charge in [-0.1, -0.05) is 6.92 Å². The van der Waals surface area contributed by atoms with Crippen LogP contribution in [-0.4, -0.2) is 19.6 Å². The summed E-state index contributed by atoms with van der Waals surface area (Å²) in [5, 5.41) is 9.57. The zero-order valence-corrected chi connectivity index (χ0v) is 10.2. The second kappa shape index (κ2) is 5.10. The molecule has 1 N–H and O–H groups in total. The number of hydrogen-bond acceptors (Lipinski definition) is 3. The van der Waals surface area contributed by atoms with Crippen LogP contribution in [0, 0.1) is 0 Å². The summed E-state index contributed by atoms with van der Waals surface area (Å²) < 4.78 is 1.97. The van der Waals surface area contributed by atoms with Crippen LogP contribution in [0.15, 0.2) is 30.7 Å². The topological polar surface area (TPSA) is 50.9 Å². The third kappa shape index (κ3) is 2.53. The summed E-state index contributed by atoms with van der Waals surface area (Å²) in [6.07, 6.45) is 6.89. The Balaban J connectivity index is 2.38. The van der Waals surface area contributed by atoms with Crippen LogP contribution in [-0.2, 0) is 6.42 Å². The van der Waals surface area contributed by atoms with Crippen LogP contribution in [0.2, 0.25) is 0 Å². The Bertz CT molecular complexity index is 491. The first-order valence-corrected chi connectivity index (χ1v) is 5.89.